The second-order valence-electron chi connectivity index (χ2n) is 5.03. The summed E-state index contributed by atoms with van der Waals surface area (Å²) >= 11 is 0. The highest BCUT2D eigenvalue weighted by Gasteiger charge is 2.46. The lowest BCUT2D eigenvalue weighted by atomic mass is 9.83. The highest BCUT2D eigenvalue weighted by atomic mass is 16.4. The summed E-state index contributed by atoms with van der Waals surface area (Å²) in [6.45, 7) is 1.55. The van der Waals surface area contributed by atoms with Gasteiger partial charge in [-0.25, -0.2) is 0 Å². The summed E-state index contributed by atoms with van der Waals surface area (Å²) in [7, 11) is 0. The van der Waals surface area contributed by atoms with Crippen LogP contribution < -0.4 is 5.32 Å². The van der Waals surface area contributed by atoms with Gasteiger partial charge in [-0.1, -0.05) is 12.8 Å². The number of aliphatic carboxylic acids is 1. The van der Waals surface area contributed by atoms with Gasteiger partial charge in [0.1, 0.15) is 5.41 Å². The van der Waals surface area contributed by atoms with Crippen molar-refractivity contribution in [2.24, 2.45) is 11.3 Å². The molecule has 0 aromatic carbocycles. The predicted molar refractivity (Wildman–Crippen MR) is 54.2 cm³/mol. The van der Waals surface area contributed by atoms with Gasteiger partial charge in [0.05, 0.1) is 0 Å². The van der Waals surface area contributed by atoms with Crippen LogP contribution in [0.2, 0.25) is 0 Å². The molecule has 0 bridgehead atoms. The Bertz CT molecular complexity index is 294. The molecule has 84 valence electrons. The zero-order valence-corrected chi connectivity index (χ0v) is 8.95. The molecular weight excluding hydrogens is 194 g/mol. The molecule has 4 heteroatoms. The highest BCUT2D eigenvalue weighted by molar-refractivity contribution is 6.01. The first kappa shape index (κ1) is 10.5. The fourth-order valence-electron chi connectivity index (χ4n) is 1.75. The Hall–Kier alpha value is -1.06. The number of hydrogen-bond acceptors (Lipinski definition) is 2. The molecule has 0 aliphatic heterocycles. The fraction of sp³-hybridized carbons (Fsp3) is 0.818. The van der Waals surface area contributed by atoms with Crippen LogP contribution in [-0.2, 0) is 9.59 Å². The van der Waals surface area contributed by atoms with E-state index in [2.05, 4.69) is 5.32 Å². The van der Waals surface area contributed by atoms with E-state index in [1.54, 1.807) is 6.92 Å². The van der Waals surface area contributed by atoms with Gasteiger partial charge in [-0.2, -0.15) is 0 Å². The third-order valence-electron chi connectivity index (χ3n) is 3.28. The van der Waals surface area contributed by atoms with Crippen molar-refractivity contribution in [3.8, 4) is 0 Å². The maximum atomic E-state index is 11.8. The summed E-state index contributed by atoms with van der Waals surface area (Å²) in [4.78, 5) is 23.0. The Morgan fingerprint density at radius 1 is 1.33 bits per heavy atom. The molecule has 0 heterocycles. The second kappa shape index (κ2) is 3.51. The molecule has 0 saturated heterocycles. The number of carboxylic acids is 1. The lowest BCUT2D eigenvalue weighted by Crippen LogP contribution is -2.45. The molecule has 2 N–H and O–H groups in total. The monoisotopic (exact) mass is 211 g/mol. The van der Waals surface area contributed by atoms with Gasteiger partial charge < -0.3 is 10.4 Å². The average Bonchev–Trinajstić information content (AvgIpc) is 2.98. The van der Waals surface area contributed by atoms with Crippen molar-refractivity contribution in [2.45, 2.75) is 45.1 Å². The van der Waals surface area contributed by atoms with Crippen LogP contribution >= 0.6 is 0 Å². The lowest BCUT2D eigenvalue weighted by molar-refractivity contribution is -0.155. The minimum Gasteiger partial charge on any atom is -0.480 e. The Morgan fingerprint density at radius 3 is 2.33 bits per heavy atom. The summed E-state index contributed by atoms with van der Waals surface area (Å²) in [6.07, 6.45) is 4.61. The third-order valence-corrected chi connectivity index (χ3v) is 3.28. The second-order valence-corrected chi connectivity index (χ2v) is 5.03. The van der Waals surface area contributed by atoms with Crippen molar-refractivity contribution in [3.05, 3.63) is 0 Å². The molecular formula is C11H17NO3. The first-order valence-electron chi connectivity index (χ1n) is 5.57. The standard InChI is InChI=1S/C11H17NO3/c1-11(10(14)15,6-7-2-3-7)9(13)12-8-4-5-8/h7-8H,2-6H2,1H3,(H,12,13)(H,14,15). The van der Waals surface area contributed by atoms with Crippen molar-refractivity contribution in [1.82, 2.24) is 5.32 Å². The van der Waals surface area contributed by atoms with Gasteiger partial charge in [0.2, 0.25) is 5.91 Å². The summed E-state index contributed by atoms with van der Waals surface area (Å²) in [5, 5.41) is 11.9. The van der Waals surface area contributed by atoms with E-state index in [0.717, 1.165) is 25.7 Å². The van der Waals surface area contributed by atoms with E-state index < -0.39 is 11.4 Å². The molecule has 2 rings (SSSR count). The van der Waals surface area contributed by atoms with Crippen molar-refractivity contribution in [3.63, 3.8) is 0 Å². The first-order valence-corrected chi connectivity index (χ1v) is 5.57. The summed E-state index contributed by atoms with van der Waals surface area (Å²) in [5.74, 6) is -0.854. The van der Waals surface area contributed by atoms with Crippen molar-refractivity contribution < 1.29 is 14.7 Å². The van der Waals surface area contributed by atoms with E-state index in [1.165, 1.54) is 0 Å². The minimum atomic E-state index is -1.22. The Balaban J connectivity index is 2.00. The maximum absolute atomic E-state index is 11.8. The summed E-state index contributed by atoms with van der Waals surface area (Å²) < 4.78 is 0. The first-order chi connectivity index (χ1) is 7.02. The van der Waals surface area contributed by atoms with Crippen LogP contribution in [0.5, 0.6) is 0 Å². The number of carbonyl (C=O) groups is 2. The van der Waals surface area contributed by atoms with Crippen LogP contribution in [0.1, 0.15) is 39.0 Å². The zero-order chi connectivity index (χ0) is 11.1. The van der Waals surface area contributed by atoms with E-state index >= 15 is 0 Å². The number of carbonyl (C=O) groups excluding carboxylic acids is 1. The molecule has 2 fully saturated rings. The Morgan fingerprint density at radius 2 is 1.93 bits per heavy atom. The van der Waals surface area contributed by atoms with Crippen molar-refractivity contribution >= 4 is 11.9 Å². The van der Waals surface area contributed by atoms with Crippen LogP contribution in [0, 0.1) is 11.3 Å². The smallest absolute Gasteiger partial charge is 0.318 e. The fourth-order valence-corrected chi connectivity index (χ4v) is 1.75. The molecule has 0 spiro atoms. The molecule has 15 heavy (non-hydrogen) atoms. The molecule has 2 aliphatic rings. The molecule has 1 unspecified atom stereocenters. The van der Waals surface area contributed by atoms with Gasteiger partial charge in [-0.3, -0.25) is 9.59 Å². The Labute approximate surface area is 89.0 Å². The van der Waals surface area contributed by atoms with Crippen molar-refractivity contribution in [2.75, 3.05) is 0 Å². The average molecular weight is 211 g/mol. The Kier molecular flexibility index (Phi) is 2.44. The number of amides is 1. The zero-order valence-electron chi connectivity index (χ0n) is 8.95. The molecule has 0 radical (unpaired) electrons. The molecule has 2 saturated carbocycles. The number of rotatable bonds is 5. The molecule has 0 aromatic heterocycles. The molecule has 4 nitrogen and oxygen atoms in total. The summed E-state index contributed by atoms with van der Waals surface area (Å²) in [5.41, 5.74) is -1.22. The topological polar surface area (TPSA) is 66.4 Å². The minimum absolute atomic E-state index is 0.232. The van der Waals surface area contributed by atoms with Gasteiger partial charge in [0.15, 0.2) is 0 Å². The number of hydrogen-bond donors (Lipinski definition) is 2. The van der Waals surface area contributed by atoms with E-state index in [4.69, 9.17) is 5.11 Å². The normalized spacial score (nSPS) is 24.3. The maximum Gasteiger partial charge on any atom is 0.318 e. The van der Waals surface area contributed by atoms with Gasteiger partial charge >= 0.3 is 5.97 Å². The van der Waals surface area contributed by atoms with Crippen LogP contribution in [0.4, 0.5) is 0 Å². The quantitative estimate of drug-likeness (QED) is 0.670. The van der Waals surface area contributed by atoms with E-state index in [0.29, 0.717) is 12.3 Å². The lowest BCUT2D eigenvalue weighted by Gasteiger charge is -2.23. The van der Waals surface area contributed by atoms with E-state index in [9.17, 15) is 9.59 Å². The number of carboxylic acid groups (broad SMARTS) is 1. The SMILES string of the molecule is CC(CC1CC1)(C(=O)O)C(=O)NC1CC1. The molecule has 1 atom stereocenters. The van der Waals surface area contributed by atoms with Crippen LogP contribution in [0.3, 0.4) is 0 Å². The van der Waals surface area contributed by atoms with Gasteiger partial charge in [0.25, 0.3) is 0 Å². The van der Waals surface area contributed by atoms with Crippen LogP contribution in [0.25, 0.3) is 0 Å². The molecule has 2 aliphatic carbocycles. The largest absolute Gasteiger partial charge is 0.480 e. The predicted octanol–water partition coefficient (Wildman–Crippen LogP) is 1.16. The molecule has 1 amide bonds. The van der Waals surface area contributed by atoms with Crippen LogP contribution in [-0.4, -0.2) is 23.0 Å². The van der Waals surface area contributed by atoms with Crippen molar-refractivity contribution in [1.29, 1.82) is 0 Å². The van der Waals surface area contributed by atoms with Gasteiger partial charge in [0, 0.05) is 6.04 Å². The third kappa shape index (κ3) is 2.30. The van der Waals surface area contributed by atoms with Crippen LogP contribution in [0.15, 0.2) is 0 Å². The highest BCUT2D eigenvalue weighted by Crippen LogP contribution is 2.41. The number of nitrogens with one attached hydrogen (secondary N) is 1. The molecule has 0 aromatic rings. The van der Waals surface area contributed by atoms with Gasteiger partial charge in [-0.05, 0) is 32.1 Å². The van der Waals surface area contributed by atoms with E-state index in [1.807, 2.05) is 0 Å². The van der Waals surface area contributed by atoms with Gasteiger partial charge in [-0.15, -0.1) is 0 Å². The van der Waals surface area contributed by atoms with E-state index in [-0.39, 0.29) is 11.9 Å². The summed E-state index contributed by atoms with van der Waals surface area (Å²) in [6, 6.07) is 0.232.